The summed E-state index contributed by atoms with van der Waals surface area (Å²) in [6.07, 6.45) is 3.62. The second-order valence-electron chi connectivity index (χ2n) is 5.39. The molecular weight excluding hydrogens is 236 g/mol. The first kappa shape index (κ1) is 12.5. The van der Waals surface area contributed by atoms with Gasteiger partial charge in [-0.25, -0.2) is 0 Å². The van der Waals surface area contributed by atoms with Gasteiger partial charge in [0.2, 0.25) is 0 Å². The highest BCUT2D eigenvalue weighted by Gasteiger charge is 2.22. The highest BCUT2D eigenvalue weighted by atomic mass is 16.5. The molecule has 3 rings (SSSR count). The van der Waals surface area contributed by atoms with Crippen LogP contribution in [0.15, 0.2) is 18.2 Å². The number of benzene rings is 1. The smallest absolute Gasteiger partial charge is 0.120 e. The minimum Gasteiger partial charge on any atom is -0.494 e. The first-order valence-corrected chi connectivity index (χ1v) is 7.22. The highest BCUT2D eigenvalue weighted by molar-refractivity contribution is 5.86. The van der Waals surface area contributed by atoms with E-state index in [1.165, 1.54) is 41.4 Å². The van der Waals surface area contributed by atoms with E-state index in [2.05, 4.69) is 28.5 Å². The van der Waals surface area contributed by atoms with Crippen LogP contribution < -0.4 is 10.1 Å². The molecule has 1 aliphatic rings. The van der Waals surface area contributed by atoms with Crippen LogP contribution in [0.2, 0.25) is 0 Å². The van der Waals surface area contributed by atoms with Crippen molar-refractivity contribution in [2.24, 2.45) is 5.92 Å². The van der Waals surface area contributed by atoms with Crippen LogP contribution in [0.4, 0.5) is 0 Å². The fourth-order valence-corrected chi connectivity index (χ4v) is 3.19. The van der Waals surface area contributed by atoms with Crippen molar-refractivity contribution in [1.82, 2.24) is 10.3 Å². The summed E-state index contributed by atoms with van der Waals surface area (Å²) < 4.78 is 5.62. The Morgan fingerprint density at radius 2 is 2.32 bits per heavy atom. The SMILES string of the molecule is CCOc1ccc2[nH]c3c(c2c1)CC(CNC)CC3. The zero-order chi connectivity index (χ0) is 13.2. The van der Waals surface area contributed by atoms with Gasteiger partial charge in [-0.2, -0.15) is 0 Å². The Labute approximate surface area is 114 Å². The van der Waals surface area contributed by atoms with Gasteiger partial charge in [-0.3, -0.25) is 0 Å². The summed E-state index contributed by atoms with van der Waals surface area (Å²) in [5, 5.41) is 4.65. The summed E-state index contributed by atoms with van der Waals surface area (Å²) in [6.45, 7) is 3.86. The highest BCUT2D eigenvalue weighted by Crippen LogP contribution is 2.33. The number of nitrogens with one attached hydrogen (secondary N) is 2. The van der Waals surface area contributed by atoms with Crippen molar-refractivity contribution in [3.63, 3.8) is 0 Å². The summed E-state index contributed by atoms with van der Waals surface area (Å²) in [4.78, 5) is 3.57. The van der Waals surface area contributed by atoms with Gasteiger partial charge in [0, 0.05) is 16.6 Å². The van der Waals surface area contributed by atoms with Crippen LogP contribution in [0.3, 0.4) is 0 Å². The molecule has 2 aromatic rings. The van der Waals surface area contributed by atoms with Gasteiger partial charge in [-0.15, -0.1) is 0 Å². The quantitative estimate of drug-likeness (QED) is 0.885. The van der Waals surface area contributed by atoms with Gasteiger partial charge >= 0.3 is 0 Å². The fraction of sp³-hybridized carbons (Fsp3) is 0.500. The predicted octanol–water partition coefficient (Wildman–Crippen LogP) is 2.89. The summed E-state index contributed by atoms with van der Waals surface area (Å²) in [6, 6.07) is 6.39. The second kappa shape index (κ2) is 5.25. The van der Waals surface area contributed by atoms with E-state index in [1.807, 2.05) is 14.0 Å². The molecule has 1 aliphatic carbocycles. The minimum absolute atomic E-state index is 0.723. The summed E-state index contributed by atoms with van der Waals surface area (Å²) in [5.41, 5.74) is 4.18. The summed E-state index contributed by atoms with van der Waals surface area (Å²) >= 11 is 0. The lowest BCUT2D eigenvalue weighted by atomic mass is 9.86. The van der Waals surface area contributed by atoms with Crippen LogP contribution in [0.5, 0.6) is 5.75 Å². The summed E-state index contributed by atoms with van der Waals surface area (Å²) in [7, 11) is 2.04. The van der Waals surface area contributed by atoms with Crippen molar-refractivity contribution in [3.8, 4) is 5.75 Å². The summed E-state index contributed by atoms with van der Waals surface area (Å²) in [5.74, 6) is 1.74. The Morgan fingerprint density at radius 1 is 1.42 bits per heavy atom. The Bertz CT molecular complexity index is 573. The molecule has 0 fully saturated rings. The van der Waals surface area contributed by atoms with E-state index >= 15 is 0 Å². The van der Waals surface area contributed by atoms with Crippen molar-refractivity contribution < 1.29 is 4.74 Å². The topological polar surface area (TPSA) is 37.0 Å². The standard InChI is InChI=1S/C16H22N2O/c1-3-19-12-5-7-16-14(9-12)13-8-11(10-17-2)4-6-15(13)18-16/h5,7,9,11,17-18H,3-4,6,8,10H2,1-2H3. The van der Waals surface area contributed by atoms with Crippen LogP contribution in [-0.4, -0.2) is 25.2 Å². The van der Waals surface area contributed by atoms with Crippen molar-refractivity contribution in [3.05, 3.63) is 29.5 Å². The number of aryl methyl sites for hydroxylation is 1. The van der Waals surface area contributed by atoms with Crippen LogP contribution in [0.25, 0.3) is 10.9 Å². The zero-order valence-electron chi connectivity index (χ0n) is 11.8. The van der Waals surface area contributed by atoms with Gasteiger partial charge in [-0.1, -0.05) is 0 Å². The average molecular weight is 258 g/mol. The lowest BCUT2D eigenvalue weighted by molar-refractivity contribution is 0.340. The predicted molar refractivity (Wildman–Crippen MR) is 78.9 cm³/mol. The molecule has 0 spiro atoms. The molecule has 1 unspecified atom stereocenters. The normalized spacial score (nSPS) is 18.5. The molecule has 19 heavy (non-hydrogen) atoms. The number of fused-ring (bicyclic) bond motifs is 3. The van der Waals surface area contributed by atoms with Crippen LogP contribution in [0.1, 0.15) is 24.6 Å². The van der Waals surface area contributed by atoms with Gasteiger partial charge in [0.15, 0.2) is 0 Å². The average Bonchev–Trinajstić information content (AvgIpc) is 2.77. The third-order valence-corrected chi connectivity index (χ3v) is 4.07. The number of aromatic nitrogens is 1. The molecule has 1 aromatic carbocycles. The maximum Gasteiger partial charge on any atom is 0.120 e. The third-order valence-electron chi connectivity index (χ3n) is 4.07. The first-order valence-electron chi connectivity index (χ1n) is 7.22. The molecule has 0 radical (unpaired) electrons. The van der Waals surface area contributed by atoms with Gasteiger partial charge in [-0.05, 0) is 69.5 Å². The Hall–Kier alpha value is -1.48. The number of ether oxygens (including phenoxy) is 1. The molecule has 3 nitrogen and oxygen atoms in total. The number of hydrogen-bond donors (Lipinski definition) is 2. The maximum absolute atomic E-state index is 5.62. The van der Waals surface area contributed by atoms with Gasteiger partial charge in [0.05, 0.1) is 6.61 Å². The third kappa shape index (κ3) is 2.35. The van der Waals surface area contributed by atoms with Crippen molar-refractivity contribution >= 4 is 10.9 Å². The zero-order valence-corrected chi connectivity index (χ0v) is 11.8. The molecule has 2 N–H and O–H groups in total. The lowest BCUT2D eigenvalue weighted by Gasteiger charge is -2.22. The number of H-pyrrole nitrogens is 1. The first-order chi connectivity index (χ1) is 9.31. The molecule has 102 valence electrons. The van der Waals surface area contributed by atoms with E-state index in [0.717, 1.165) is 24.8 Å². The fourth-order valence-electron chi connectivity index (χ4n) is 3.19. The Morgan fingerprint density at radius 3 is 3.11 bits per heavy atom. The molecule has 0 aliphatic heterocycles. The van der Waals surface area contributed by atoms with Crippen LogP contribution in [-0.2, 0) is 12.8 Å². The molecular formula is C16H22N2O. The molecule has 0 amide bonds. The van der Waals surface area contributed by atoms with E-state index in [1.54, 1.807) is 0 Å². The molecule has 3 heteroatoms. The molecule has 0 saturated carbocycles. The molecule has 0 saturated heterocycles. The molecule has 0 bridgehead atoms. The van der Waals surface area contributed by atoms with Crippen LogP contribution in [0, 0.1) is 5.92 Å². The maximum atomic E-state index is 5.62. The molecule has 1 aromatic heterocycles. The van der Waals surface area contributed by atoms with Gasteiger partial charge < -0.3 is 15.0 Å². The van der Waals surface area contributed by atoms with E-state index in [9.17, 15) is 0 Å². The van der Waals surface area contributed by atoms with E-state index in [4.69, 9.17) is 4.74 Å². The largest absolute Gasteiger partial charge is 0.494 e. The number of rotatable bonds is 4. The minimum atomic E-state index is 0.723. The Kier molecular flexibility index (Phi) is 3.47. The monoisotopic (exact) mass is 258 g/mol. The van der Waals surface area contributed by atoms with Crippen molar-refractivity contribution in [2.75, 3.05) is 20.2 Å². The van der Waals surface area contributed by atoms with Crippen LogP contribution >= 0.6 is 0 Å². The van der Waals surface area contributed by atoms with Crippen molar-refractivity contribution in [1.29, 1.82) is 0 Å². The van der Waals surface area contributed by atoms with Crippen molar-refractivity contribution in [2.45, 2.75) is 26.2 Å². The molecule has 1 atom stereocenters. The van der Waals surface area contributed by atoms with E-state index < -0.39 is 0 Å². The lowest BCUT2D eigenvalue weighted by Crippen LogP contribution is -2.24. The van der Waals surface area contributed by atoms with Gasteiger partial charge in [0.25, 0.3) is 0 Å². The Balaban J connectivity index is 1.98. The number of hydrogen-bond acceptors (Lipinski definition) is 2. The van der Waals surface area contributed by atoms with E-state index in [0.29, 0.717) is 0 Å². The van der Waals surface area contributed by atoms with E-state index in [-0.39, 0.29) is 0 Å². The van der Waals surface area contributed by atoms with Gasteiger partial charge in [0.1, 0.15) is 5.75 Å². The second-order valence-corrected chi connectivity index (χ2v) is 5.39. The number of aromatic amines is 1. The molecule has 1 heterocycles.